The number of rotatable bonds is 2. The lowest BCUT2D eigenvalue weighted by Gasteiger charge is -2.41. The molecule has 110 valence electrons. The van der Waals surface area contributed by atoms with E-state index in [1.165, 1.54) is 0 Å². The van der Waals surface area contributed by atoms with Gasteiger partial charge in [0.2, 0.25) is 5.91 Å². The van der Waals surface area contributed by atoms with Crippen LogP contribution in [0.3, 0.4) is 0 Å². The fourth-order valence-electron chi connectivity index (χ4n) is 3.04. The van der Waals surface area contributed by atoms with Crippen molar-refractivity contribution in [3.8, 4) is 0 Å². The standard InChI is InChI=1S/C13H16N6O2/c20-13(8-18-4-1-3-15-18)17-5-2-12-11(7-17)19-10(9-21-12)6-14-16-19/h1,3-4,6,11-12H,2,5,7-9H2/t11-,12-/m1/s1. The van der Waals surface area contributed by atoms with Crippen LogP contribution in [0.25, 0.3) is 0 Å². The van der Waals surface area contributed by atoms with Gasteiger partial charge in [-0.25, -0.2) is 4.68 Å². The van der Waals surface area contributed by atoms with Gasteiger partial charge in [0.05, 0.1) is 30.6 Å². The van der Waals surface area contributed by atoms with Crippen molar-refractivity contribution in [1.82, 2.24) is 29.7 Å². The first kappa shape index (κ1) is 12.5. The maximum absolute atomic E-state index is 12.4. The molecule has 8 heteroatoms. The minimum absolute atomic E-state index is 0.0616. The molecule has 0 saturated carbocycles. The van der Waals surface area contributed by atoms with Gasteiger partial charge in [0.15, 0.2) is 0 Å². The number of hydrogen-bond donors (Lipinski definition) is 0. The number of carbonyl (C=O) groups is 1. The van der Waals surface area contributed by atoms with Crippen LogP contribution in [0.15, 0.2) is 24.7 Å². The van der Waals surface area contributed by atoms with Crippen molar-refractivity contribution in [3.05, 3.63) is 30.4 Å². The van der Waals surface area contributed by atoms with Gasteiger partial charge in [0.25, 0.3) is 0 Å². The summed E-state index contributed by atoms with van der Waals surface area (Å²) in [5, 5.41) is 12.2. The van der Waals surface area contributed by atoms with Crippen molar-refractivity contribution in [3.63, 3.8) is 0 Å². The Bertz CT molecular complexity index is 637. The first-order valence-corrected chi connectivity index (χ1v) is 7.07. The zero-order valence-electron chi connectivity index (χ0n) is 11.5. The van der Waals surface area contributed by atoms with Crippen molar-refractivity contribution >= 4 is 5.91 Å². The van der Waals surface area contributed by atoms with Crippen molar-refractivity contribution in [2.24, 2.45) is 0 Å². The smallest absolute Gasteiger partial charge is 0.244 e. The number of nitrogens with zero attached hydrogens (tertiary/aromatic N) is 6. The van der Waals surface area contributed by atoms with Crippen LogP contribution in [0.5, 0.6) is 0 Å². The second kappa shape index (κ2) is 4.96. The molecule has 0 N–H and O–H groups in total. The molecule has 0 bridgehead atoms. The maximum atomic E-state index is 12.4. The Morgan fingerprint density at radius 2 is 2.43 bits per heavy atom. The lowest BCUT2D eigenvalue weighted by Crippen LogP contribution is -2.50. The summed E-state index contributed by atoms with van der Waals surface area (Å²) in [5.74, 6) is 0.0735. The zero-order valence-corrected chi connectivity index (χ0v) is 11.5. The molecule has 4 heterocycles. The van der Waals surface area contributed by atoms with E-state index in [-0.39, 0.29) is 24.6 Å². The second-order valence-corrected chi connectivity index (χ2v) is 5.42. The summed E-state index contributed by atoms with van der Waals surface area (Å²) >= 11 is 0. The molecular weight excluding hydrogens is 272 g/mol. The fraction of sp³-hybridized carbons (Fsp3) is 0.538. The minimum atomic E-state index is 0.0616. The van der Waals surface area contributed by atoms with E-state index < -0.39 is 0 Å². The Morgan fingerprint density at radius 1 is 1.48 bits per heavy atom. The van der Waals surface area contributed by atoms with Gasteiger partial charge >= 0.3 is 0 Å². The highest BCUT2D eigenvalue weighted by molar-refractivity contribution is 5.76. The molecule has 4 rings (SSSR count). The van der Waals surface area contributed by atoms with Crippen LogP contribution in [0, 0.1) is 0 Å². The molecular formula is C13H16N6O2. The van der Waals surface area contributed by atoms with E-state index >= 15 is 0 Å². The first-order valence-electron chi connectivity index (χ1n) is 7.07. The van der Waals surface area contributed by atoms with Gasteiger partial charge in [0, 0.05) is 25.5 Å². The highest BCUT2D eigenvalue weighted by atomic mass is 16.5. The summed E-state index contributed by atoms with van der Waals surface area (Å²) in [7, 11) is 0. The van der Waals surface area contributed by atoms with E-state index in [0.29, 0.717) is 19.7 Å². The summed E-state index contributed by atoms with van der Waals surface area (Å²) in [6.45, 7) is 2.15. The van der Waals surface area contributed by atoms with Gasteiger partial charge in [-0.1, -0.05) is 5.21 Å². The molecule has 8 nitrogen and oxygen atoms in total. The number of hydrogen-bond acceptors (Lipinski definition) is 5. The first-order chi connectivity index (χ1) is 10.3. The zero-order chi connectivity index (χ0) is 14.2. The van der Waals surface area contributed by atoms with Crippen LogP contribution in [-0.2, 0) is 22.7 Å². The average Bonchev–Trinajstić information content (AvgIpc) is 3.17. The Morgan fingerprint density at radius 3 is 3.29 bits per heavy atom. The molecule has 2 aromatic heterocycles. The van der Waals surface area contributed by atoms with Crippen molar-refractivity contribution in [2.45, 2.75) is 31.7 Å². The van der Waals surface area contributed by atoms with Crippen LogP contribution in [-0.4, -0.2) is 54.8 Å². The Balaban J connectivity index is 1.49. The summed E-state index contributed by atoms with van der Waals surface area (Å²) in [4.78, 5) is 14.2. The molecule has 1 amide bonds. The lowest BCUT2D eigenvalue weighted by molar-refractivity contribution is -0.138. The van der Waals surface area contributed by atoms with Gasteiger partial charge in [-0.2, -0.15) is 5.10 Å². The highest BCUT2D eigenvalue weighted by Gasteiger charge is 2.37. The second-order valence-electron chi connectivity index (χ2n) is 5.42. The van der Waals surface area contributed by atoms with E-state index in [1.54, 1.807) is 23.3 Å². The summed E-state index contributed by atoms with van der Waals surface area (Å²) in [6.07, 6.45) is 6.14. The van der Waals surface area contributed by atoms with Crippen LogP contribution in [0.1, 0.15) is 18.2 Å². The molecule has 0 radical (unpaired) electrons. The topological polar surface area (TPSA) is 78.1 Å². The number of fused-ring (bicyclic) bond motifs is 3. The fourth-order valence-corrected chi connectivity index (χ4v) is 3.04. The summed E-state index contributed by atoms with van der Waals surface area (Å²) < 4.78 is 9.39. The summed E-state index contributed by atoms with van der Waals surface area (Å²) in [6, 6.07) is 1.88. The Labute approximate surface area is 121 Å². The number of amides is 1. The number of piperidine rings is 1. The van der Waals surface area contributed by atoms with Gasteiger partial charge in [0.1, 0.15) is 6.54 Å². The lowest BCUT2D eigenvalue weighted by atomic mass is 10.0. The largest absolute Gasteiger partial charge is 0.370 e. The van der Waals surface area contributed by atoms with Crippen LogP contribution >= 0.6 is 0 Å². The van der Waals surface area contributed by atoms with Crippen molar-refractivity contribution in [1.29, 1.82) is 0 Å². The van der Waals surface area contributed by atoms with Gasteiger partial charge in [-0.3, -0.25) is 9.48 Å². The molecule has 2 aliphatic heterocycles. The van der Waals surface area contributed by atoms with E-state index in [9.17, 15) is 4.79 Å². The van der Waals surface area contributed by atoms with E-state index in [4.69, 9.17) is 4.74 Å². The van der Waals surface area contributed by atoms with Crippen molar-refractivity contribution in [2.75, 3.05) is 13.1 Å². The van der Waals surface area contributed by atoms with Crippen LogP contribution in [0.4, 0.5) is 0 Å². The molecule has 0 aromatic carbocycles. The number of aromatic nitrogens is 5. The third-order valence-electron chi connectivity index (χ3n) is 4.14. The monoisotopic (exact) mass is 288 g/mol. The van der Waals surface area contributed by atoms with Crippen LogP contribution in [0.2, 0.25) is 0 Å². The predicted molar refractivity (Wildman–Crippen MR) is 71.1 cm³/mol. The van der Waals surface area contributed by atoms with Gasteiger partial charge < -0.3 is 9.64 Å². The quantitative estimate of drug-likeness (QED) is 0.768. The Hall–Kier alpha value is -2.22. The Kier molecular flexibility index (Phi) is 2.95. The molecule has 0 aliphatic carbocycles. The van der Waals surface area contributed by atoms with Crippen LogP contribution < -0.4 is 0 Å². The number of ether oxygens (including phenoxy) is 1. The van der Waals surface area contributed by atoms with E-state index in [1.807, 2.05) is 15.6 Å². The minimum Gasteiger partial charge on any atom is -0.370 e. The SMILES string of the molecule is O=C(Cn1cccn1)N1CC[C@H]2OCc3cnnn3[C@@H]2C1. The average molecular weight is 288 g/mol. The molecule has 1 fully saturated rings. The molecule has 2 aliphatic rings. The molecule has 0 spiro atoms. The molecule has 2 aromatic rings. The maximum Gasteiger partial charge on any atom is 0.244 e. The van der Waals surface area contributed by atoms with Gasteiger partial charge in [-0.05, 0) is 12.5 Å². The predicted octanol–water partition coefficient (Wildman–Crippen LogP) is -0.153. The molecule has 0 unspecified atom stereocenters. The molecule has 21 heavy (non-hydrogen) atoms. The van der Waals surface area contributed by atoms with Crippen molar-refractivity contribution < 1.29 is 9.53 Å². The number of carbonyl (C=O) groups excluding carboxylic acids is 1. The summed E-state index contributed by atoms with van der Waals surface area (Å²) in [5.41, 5.74) is 0.970. The molecule has 2 atom stereocenters. The normalized spacial score (nSPS) is 24.5. The molecule has 1 saturated heterocycles. The highest BCUT2D eigenvalue weighted by Crippen LogP contribution is 2.29. The number of likely N-dealkylation sites (tertiary alicyclic amines) is 1. The van der Waals surface area contributed by atoms with Gasteiger partial charge in [-0.15, -0.1) is 5.10 Å². The third kappa shape index (κ3) is 2.21. The van der Waals surface area contributed by atoms with E-state index in [0.717, 1.165) is 12.1 Å². The third-order valence-corrected chi connectivity index (χ3v) is 4.14. The van der Waals surface area contributed by atoms with E-state index in [2.05, 4.69) is 15.4 Å².